The van der Waals surface area contributed by atoms with Crippen molar-refractivity contribution in [3.05, 3.63) is 76.6 Å². The molecule has 0 aliphatic rings. The van der Waals surface area contributed by atoms with Crippen LogP contribution in [0.1, 0.15) is 22.8 Å². The second kappa shape index (κ2) is 5.34. The SMILES string of the molecule is C=Cc1ccc(C(O)c2c(F)cccc2Cl)cc1. The molecule has 1 atom stereocenters. The molecule has 3 heteroatoms. The summed E-state index contributed by atoms with van der Waals surface area (Å²) in [6, 6.07) is 11.4. The lowest BCUT2D eigenvalue weighted by molar-refractivity contribution is 0.215. The van der Waals surface area contributed by atoms with Gasteiger partial charge in [-0.05, 0) is 23.3 Å². The van der Waals surface area contributed by atoms with Gasteiger partial charge in [0.25, 0.3) is 0 Å². The zero-order chi connectivity index (χ0) is 13.1. The maximum Gasteiger partial charge on any atom is 0.130 e. The molecule has 18 heavy (non-hydrogen) atoms. The van der Waals surface area contributed by atoms with E-state index in [1.165, 1.54) is 12.1 Å². The molecule has 0 aliphatic heterocycles. The van der Waals surface area contributed by atoms with Crippen molar-refractivity contribution in [3.8, 4) is 0 Å². The van der Waals surface area contributed by atoms with Crippen LogP contribution in [0.2, 0.25) is 5.02 Å². The number of aliphatic hydroxyl groups excluding tert-OH is 1. The average Bonchev–Trinajstić information content (AvgIpc) is 2.38. The quantitative estimate of drug-likeness (QED) is 0.879. The van der Waals surface area contributed by atoms with Crippen molar-refractivity contribution in [3.63, 3.8) is 0 Å². The Kier molecular flexibility index (Phi) is 3.80. The van der Waals surface area contributed by atoms with Gasteiger partial charge in [0.15, 0.2) is 0 Å². The van der Waals surface area contributed by atoms with E-state index in [1.807, 2.05) is 0 Å². The highest BCUT2D eigenvalue weighted by atomic mass is 35.5. The summed E-state index contributed by atoms with van der Waals surface area (Å²) in [6.45, 7) is 3.65. The summed E-state index contributed by atoms with van der Waals surface area (Å²) in [6.07, 6.45) is 0.629. The Morgan fingerprint density at radius 3 is 2.39 bits per heavy atom. The number of aliphatic hydroxyl groups is 1. The van der Waals surface area contributed by atoms with Gasteiger partial charge in [-0.2, -0.15) is 0 Å². The second-order valence-corrected chi connectivity index (χ2v) is 4.32. The predicted molar refractivity (Wildman–Crippen MR) is 72.0 cm³/mol. The highest BCUT2D eigenvalue weighted by Crippen LogP contribution is 2.30. The third-order valence-electron chi connectivity index (χ3n) is 2.76. The Balaban J connectivity index is 2.41. The van der Waals surface area contributed by atoms with Crippen LogP contribution in [0.5, 0.6) is 0 Å². The van der Waals surface area contributed by atoms with Crippen molar-refractivity contribution >= 4 is 17.7 Å². The van der Waals surface area contributed by atoms with Gasteiger partial charge in [0.05, 0.1) is 0 Å². The molecule has 0 spiro atoms. The van der Waals surface area contributed by atoms with Crippen LogP contribution in [0.4, 0.5) is 4.39 Å². The Hall–Kier alpha value is -1.64. The molecule has 0 saturated carbocycles. The number of hydrogen-bond donors (Lipinski definition) is 1. The molecule has 0 aromatic heterocycles. The molecular formula is C15H12ClFO. The van der Waals surface area contributed by atoms with Crippen molar-refractivity contribution in [2.75, 3.05) is 0 Å². The highest BCUT2D eigenvalue weighted by Gasteiger charge is 2.18. The van der Waals surface area contributed by atoms with E-state index in [-0.39, 0.29) is 10.6 Å². The van der Waals surface area contributed by atoms with Crippen LogP contribution in [0.25, 0.3) is 6.08 Å². The summed E-state index contributed by atoms with van der Waals surface area (Å²) in [5.74, 6) is -0.511. The summed E-state index contributed by atoms with van der Waals surface area (Å²) in [4.78, 5) is 0. The molecule has 0 saturated heterocycles. The first kappa shape index (κ1) is 12.8. The Morgan fingerprint density at radius 1 is 1.17 bits per heavy atom. The first-order valence-electron chi connectivity index (χ1n) is 5.48. The molecule has 0 amide bonds. The molecule has 2 aromatic rings. The first-order valence-corrected chi connectivity index (χ1v) is 5.85. The minimum Gasteiger partial charge on any atom is -0.383 e. The minimum atomic E-state index is -1.07. The van der Waals surface area contributed by atoms with Gasteiger partial charge in [0.1, 0.15) is 11.9 Å². The van der Waals surface area contributed by atoms with E-state index in [0.29, 0.717) is 5.56 Å². The molecule has 0 heterocycles. The van der Waals surface area contributed by atoms with E-state index in [1.54, 1.807) is 36.4 Å². The summed E-state index contributed by atoms with van der Waals surface area (Å²) in [5.41, 5.74) is 1.63. The lowest BCUT2D eigenvalue weighted by Crippen LogP contribution is -2.03. The van der Waals surface area contributed by atoms with Gasteiger partial charge in [-0.25, -0.2) is 4.39 Å². The van der Waals surface area contributed by atoms with Gasteiger partial charge >= 0.3 is 0 Å². The van der Waals surface area contributed by atoms with Gasteiger partial charge in [0, 0.05) is 10.6 Å². The molecule has 1 N–H and O–H groups in total. The van der Waals surface area contributed by atoms with Crippen LogP contribution in [-0.4, -0.2) is 5.11 Å². The normalized spacial score (nSPS) is 12.2. The minimum absolute atomic E-state index is 0.102. The Labute approximate surface area is 110 Å². The number of rotatable bonds is 3. The van der Waals surface area contributed by atoms with Crippen molar-refractivity contribution < 1.29 is 9.50 Å². The van der Waals surface area contributed by atoms with Crippen molar-refractivity contribution in [2.45, 2.75) is 6.10 Å². The fraction of sp³-hybridized carbons (Fsp3) is 0.0667. The van der Waals surface area contributed by atoms with Crippen LogP contribution in [-0.2, 0) is 0 Å². The molecular weight excluding hydrogens is 251 g/mol. The van der Waals surface area contributed by atoms with Crippen LogP contribution < -0.4 is 0 Å². The molecule has 1 nitrogen and oxygen atoms in total. The van der Waals surface area contributed by atoms with Crippen LogP contribution in [0, 0.1) is 5.82 Å². The summed E-state index contributed by atoms with van der Waals surface area (Å²) < 4.78 is 13.7. The van der Waals surface area contributed by atoms with Crippen molar-refractivity contribution in [1.82, 2.24) is 0 Å². The fourth-order valence-electron chi connectivity index (χ4n) is 1.75. The summed E-state index contributed by atoms with van der Waals surface area (Å²) >= 11 is 5.92. The average molecular weight is 263 g/mol. The van der Waals surface area contributed by atoms with Gasteiger partial charge in [0.2, 0.25) is 0 Å². The molecule has 2 rings (SSSR count). The predicted octanol–water partition coefficient (Wildman–Crippen LogP) is 4.20. The van der Waals surface area contributed by atoms with E-state index >= 15 is 0 Å². The second-order valence-electron chi connectivity index (χ2n) is 3.91. The van der Waals surface area contributed by atoms with Gasteiger partial charge in [-0.3, -0.25) is 0 Å². The molecule has 0 aliphatic carbocycles. The van der Waals surface area contributed by atoms with E-state index in [4.69, 9.17) is 11.6 Å². The summed E-state index contributed by atoms with van der Waals surface area (Å²) in [5, 5.41) is 10.4. The van der Waals surface area contributed by atoms with Gasteiger partial charge in [-0.1, -0.05) is 54.6 Å². The molecule has 0 radical (unpaired) electrons. The molecule has 92 valence electrons. The van der Waals surface area contributed by atoms with Crippen LogP contribution in [0.15, 0.2) is 49.0 Å². The third kappa shape index (κ3) is 2.45. The summed E-state index contributed by atoms with van der Waals surface area (Å²) in [7, 11) is 0. The van der Waals surface area contributed by atoms with Crippen molar-refractivity contribution in [2.24, 2.45) is 0 Å². The largest absolute Gasteiger partial charge is 0.383 e. The molecule has 0 fully saturated rings. The number of halogens is 2. The lowest BCUT2D eigenvalue weighted by Gasteiger charge is -2.14. The Bertz CT molecular complexity index is 543. The van der Waals surface area contributed by atoms with Crippen LogP contribution in [0.3, 0.4) is 0 Å². The topological polar surface area (TPSA) is 20.2 Å². The molecule has 0 bridgehead atoms. The van der Waals surface area contributed by atoms with Gasteiger partial charge in [-0.15, -0.1) is 0 Å². The zero-order valence-electron chi connectivity index (χ0n) is 9.61. The number of hydrogen-bond acceptors (Lipinski definition) is 1. The molecule has 2 aromatic carbocycles. The van der Waals surface area contributed by atoms with Gasteiger partial charge < -0.3 is 5.11 Å². The third-order valence-corrected chi connectivity index (χ3v) is 3.09. The van der Waals surface area contributed by atoms with E-state index in [9.17, 15) is 9.50 Å². The van der Waals surface area contributed by atoms with E-state index < -0.39 is 11.9 Å². The van der Waals surface area contributed by atoms with E-state index in [0.717, 1.165) is 5.56 Å². The van der Waals surface area contributed by atoms with Crippen LogP contribution >= 0.6 is 11.6 Å². The van der Waals surface area contributed by atoms with Crippen molar-refractivity contribution in [1.29, 1.82) is 0 Å². The number of benzene rings is 2. The first-order chi connectivity index (χ1) is 8.63. The highest BCUT2D eigenvalue weighted by molar-refractivity contribution is 6.31. The zero-order valence-corrected chi connectivity index (χ0v) is 10.4. The lowest BCUT2D eigenvalue weighted by atomic mass is 10.00. The smallest absolute Gasteiger partial charge is 0.130 e. The monoisotopic (exact) mass is 262 g/mol. The maximum atomic E-state index is 13.7. The standard InChI is InChI=1S/C15H12ClFO/c1-2-10-6-8-11(9-7-10)15(18)14-12(16)4-3-5-13(14)17/h2-9,15,18H,1H2. The maximum absolute atomic E-state index is 13.7. The van der Waals surface area contributed by atoms with E-state index in [2.05, 4.69) is 6.58 Å². The Morgan fingerprint density at radius 2 is 1.83 bits per heavy atom. The fourth-order valence-corrected chi connectivity index (χ4v) is 2.02. The molecule has 1 unspecified atom stereocenters.